The first-order valence-electron chi connectivity index (χ1n) is 9.00. The summed E-state index contributed by atoms with van der Waals surface area (Å²) >= 11 is 0. The minimum absolute atomic E-state index is 0.103. The van der Waals surface area contributed by atoms with Gasteiger partial charge in [0.15, 0.2) is 6.10 Å². The minimum atomic E-state index is -0.518. The van der Waals surface area contributed by atoms with Crippen LogP contribution in [0.5, 0.6) is 5.75 Å². The van der Waals surface area contributed by atoms with Crippen LogP contribution in [-0.4, -0.2) is 30.0 Å². The molecule has 3 rings (SSSR count). The minimum Gasteiger partial charge on any atom is -0.481 e. The first-order chi connectivity index (χ1) is 12.2. The summed E-state index contributed by atoms with van der Waals surface area (Å²) in [6, 6.07) is 17.9. The molecule has 1 heterocycles. The molecule has 0 aliphatic carbocycles. The maximum absolute atomic E-state index is 12.2. The maximum Gasteiger partial charge on any atom is 0.261 e. The van der Waals surface area contributed by atoms with E-state index in [4.69, 9.17) is 4.74 Å². The van der Waals surface area contributed by atoms with E-state index in [0.29, 0.717) is 12.3 Å². The van der Waals surface area contributed by atoms with E-state index in [1.807, 2.05) is 30.3 Å². The van der Waals surface area contributed by atoms with Gasteiger partial charge < -0.3 is 10.1 Å². The molecule has 1 aliphatic heterocycles. The van der Waals surface area contributed by atoms with Gasteiger partial charge in [0.25, 0.3) is 5.91 Å². The van der Waals surface area contributed by atoms with Gasteiger partial charge in [-0.05, 0) is 56.1 Å². The molecule has 0 radical (unpaired) electrons. The van der Waals surface area contributed by atoms with Crippen LogP contribution in [0.25, 0.3) is 0 Å². The molecule has 25 heavy (non-hydrogen) atoms. The number of nitrogens with zero attached hydrogens (tertiary/aromatic N) is 1. The third-order valence-corrected chi connectivity index (χ3v) is 4.49. The van der Waals surface area contributed by atoms with Crippen molar-refractivity contribution in [2.45, 2.75) is 39.0 Å². The second-order valence-electron chi connectivity index (χ2n) is 6.59. The van der Waals surface area contributed by atoms with Crippen molar-refractivity contribution < 1.29 is 9.53 Å². The van der Waals surface area contributed by atoms with Crippen molar-refractivity contribution in [1.29, 1.82) is 0 Å². The lowest BCUT2D eigenvalue weighted by Gasteiger charge is -2.16. The highest BCUT2D eigenvalue weighted by Gasteiger charge is 2.15. The predicted molar refractivity (Wildman–Crippen MR) is 99.3 cm³/mol. The van der Waals surface area contributed by atoms with E-state index in [1.165, 1.54) is 31.5 Å². The van der Waals surface area contributed by atoms with Crippen molar-refractivity contribution in [3.63, 3.8) is 0 Å². The van der Waals surface area contributed by atoms with Crippen molar-refractivity contribution in [1.82, 2.24) is 10.2 Å². The summed E-state index contributed by atoms with van der Waals surface area (Å²) in [6.07, 6.45) is 2.08. The molecule has 1 N–H and O–H groups in total. The normalized spacial score (nSPS) is 15.7. The summed E-state index contributed by atoms with van der Waals surface area (Å²) in [5, 5.41) is 2.96. The molecule has 1 saturated heterocycles. The van der Waals surface area contributed by atoms with E-state index >= 15 is 0 Å². The van der Waals surface area contributed by atoms with Gasteiger partial charge in [0.05, 0.1) is 0 Å². The standard InChI is InChI=1S/C21H26N2O2/c1-17(25-20-10-3-2-4-11-20)21(24)22-15-18-8-7-9-19(14-18)16-23-12-5-6-13-23/h2-4,7-11,14,17H,5-6,12-13,15-16H2,1H3,(H,22,24). The summed E-state index contributed by atoms with van der Waals surface area (Å²) < 4.78 is 5.66. The van der Waals surface area contributed by atoms with Crippen molar-refractivity contribution in [2.75, 3.05) is 13.1 Å². The van der Waals surface area contributed by atoms with E-state index in [1.54, 1.807) is 6.92 Å². The first-order valence-corrected chi connectivity index (χ1v) is 9.00. The number of carbonyl (C=O) groups is 1. The third-order valence-electron chi connectivity index (χ3n) is 4.49. The van der Waals surface area contributed by atoms with Crippen LogP contribution >= 0.6 is 0 Å². The molecule has 2 aromatic rings. The smallest absolute Gasteiger partial charge is 0.261 e. The molecular weight excluding hydrogens is 312 g/mol. The Balaban J connectivity index is 1.49. The zero-order chi connectivity index (χ0) is 17.5. The monoisotopic (exact) mass is 338 g/mol. The van der Waals surface area contributed by atoms with E-state index in [-0.39, 0.29) is 5.91 Å². The van der Waals surface area contributed by atoms with Gasteiger partial charge in [-0.2, -0.15) is 0 Å². The van der Waals surface area contributed by atoms with Gasteiger partial charge in [-0.1, -0.05) is 42.5 Å². The molecule has 132 valence electrons. The molecule has 0 aromatic heterocycles. The van der Waals surface area contributed by atoms with Crippen LogP contribution in [0.3, 0.4) is 0 Å². The van der Waals surface area contributed by atoms with Gasteiger partial charge in [0, 0.05) is 13.1 Å². The number of nitrogens with one attached hydrogen (secondary N) is 1. The maximum atomic E-state index is 12.2. The van der Waals surface area contributed by atoms with Crippen LogP contribution in [0.2, 0.25) is 0 Å². The molecule has 4 heteroatoms. The van der Waals surface area contributed by atoms with E-state index < -0.39 is 6.10 Å². The van der Waals surface area contributed by atoms with Crippen LogP contribution in [0.4, 0.5) is 0 Å². The molecule has 2 aromatic carbocycles. The molecule has 1 atom stereocenters. The molecule has 1 fully saturated rings. The Morgan fingerprint density at radius 3 is 2.56 bits per heavy atom. The van der Waals surface area contributed by atoms with E-state index in [2.05, 4.69) is 34.5 Å². The number of hydrogen-bond acceptors (Lipinski definition) is 3. The van der Waals surface area contributed by atoms with Crippen LogP contribution in [0.1, 0.15) is 30.9 Å². The largest absolute Gasteiger partial charge is 0.481 e. The summed E-state index contributed by atoms with van der Waals surface area (Å²) in [7, 11) is 0. The second-order valence-corrected chi connectivity index (χ2v) is 6.59. The summed E-state index contributed by atoms with van der Waals surface area (Å²) in [5.41, 5.74) is 2.43. The number of para-hydroxylation sites is 1. The van der Waals surface area contributed by atoms with E-state index in [9.17, 15) is 4.79 Å². The molecule has 0 saturated carbocycles. The van der Waals surface area contributed by atoms with Crippen LogP contribution in [-0.2, 0) is 17.9 Å². The van der Waals surface area contributed by atoms with Gasteiger partial charge in [0.1, 0.15) is 5.75 Å². The number of ether oxygens (including phenoxy) is 1. The summed E-state index contributed by atoms with van der Waals surface area (Å²) in [4.78, 5) is 14.7. The van der Waals surface area contributed by atoms with Crippen LogP contribution < -0.4 is 10.1 Å². The SMILES string of the molecule is CC(Oc1ccccc1)C(=O)NCc1cccc(CN2CCCC2)c1. The Bertz CT molecular complexity index is 681. The summed E-state index contributed by atoms with van der Waals surface area (Å²) in [5.74, 6) is 0.603. The van der Waals surface area contributed by atoms with Crippen molar-refractivity contribution in [2.24, 2.45) is 0 Å². The topological polar surface area (TPSA) is 41.6 Å². The quantitative estimate of drug-likeness (QED) is 0.842. The highest BCUT2D eigenvalue weighted by molar-refractivity contribution is 5.80. The lowest BCUT2D eigenvalue weighted by molar-refractivity contribution is -0.127. The Hall–Kier alpha value is -2.33. The van der Waals surface area contributed by atoms with Crippen molar-refractivity contribution in [3.05, 3.63) is 65.7 Å². The average molecular weight is 338 g/mol. The fourth-order valence-electron chi connectivity index (χ4n) is 3.13. The molecule has 1 unspecified atom stereocenters. The zero-order valence-corrected chi connectivity index (χ0v) is 14.8. The number of likely N-dealkylation sites (tertiary alicyclic amines) is 1. The zero-order valence-electron chi connectivity index (χ0n) is 14.8. The lowest BCUT2D eigenvalue weighted by Crippen LogP contribution is -2.35. The molecule has 1 aliphatic rings. The number of benzene rings is 2. The average Bonchev–Trinajstić information content (AvgIpc) is 3.14. The van der Waals surface area contributed by atoms with Crippen LogP contribution in [0.15, 0.2) is 54.6 Å². The van der Waals surface area contributed by atoms with Gasteiger partial charge in [-0.25, -0.2) is 0 Å². The van der Waals surface area contributed by atoms with E-state index in [0.717, 1.165) is 12.1 Å². The number of carbonyl (C=O) groups excluding carboxylic acids is 1. The Labute approximate surface area is 149 Å². The fraction of sp³-hybridized carbons (Fsp3) is 0.381. The third kappa shape index (κ3) is 5.33. The number of rotatable bonds is 7. The Morgan fingerprint density at radius 1 is 1.08 bits per heavy atom. The first kappa shape index (κ1) is 17.5. The van der Waals surface area contributed by atoms with Gasteiger partial charge in [-0.15, -0.1) is 0 Å². The molecule has 4 nitrogen and oxygen atoms in total. The Morgan fingerprint density at radius 2 is 1.80 bits per heavy atom. The molecule has 1 amide bonds. The molecule has 0 bridgehead atoms. The highest BCUT2D eigenvalue weighted by Crippen LogP contribution is 2.14. The predicted octanol–water partition coefficient (Wildman–Crippen LogP) is 3.37. The van der Waals surface area contributed by atoms with Gasteiger partial charge >= 0.3 is 0 Å². The van der Waals surface area contributed by atoms with Crippen molar-refractivity contribution >= 4 is 5.91 Å². The highest BCUT2D eigenvalue weighted by atomic mass is 16.5. The van der Waals surface area contributed by atoms with Crippen molar-refractivity contribution in [3.8, 4) is 5.75 Å². The van der Waals surface area contributed by atoms with Gasteiger partial charge in [0.2, 0.25) is 0 Å². The number of hydrogen-bond donors (Lipinski definition) is 1. The molecule has 0 spiro atoms. The molecular formula is C21H26N2O2. The Kier molecular flexibility index (Phi) is 6.07. The number of amides is 1. The fourth-order valence-corrected chi connectivity index (χ4v) is 3.13. The second kappa shape index (κ2) is 8.67. The summed E-state index contributed by atoms with van der Waals surface area (Å²) in [6.45, 7) is 5.67. The van der Waals surface area contributed by atoms with Gasteiger partial charge in [-0.3, -0.25) is 9.69 Å². The lowest BCUT2D eigenvalue weighted by atomic mass is 10.1. The van der Waals surface area contributed by atoms with Crippen LogP contribution in [0, 0.1) is 0 Å².